The lowest BCUT2D eigenvalue weighted by Gasteiger charge is -2.34. The maximum absolute atomic E-state index is 13.7. The van der Waals surface area contributed by atoms with Crippen molar-refractivity contribution in [1.82, 2.24) is 19.6 Å². The predicted molar refractivity (Wildman–Crippen MR) is 88.4 cm³/mol. The Bertz CT molecular complexity index is 757. The average molecular weight is 399 g/mol. The molecule has 0 radical (unpaired) electrons. The highest BCUT2D eigenvalue weighted by molar-refractivity contribution is 9.10. The molecule has 2 aromatic rings. The number of piperazine rings is 1. The number of amides is 1. The first-order valence-corrected chi connectivity index (χ1v) is 8.38. The number of hydrogen-bond donors (Lipinski definition) is 0. The van der Waals surface area contributed by atoms with Crippen LogP contribution in [0.5, 0.6) is 0 Å². The third-order valence-electron chi connectivity index (χ3n) is 4.07. The zero-order valence-corrected chi connectivity index (χ0v) is 14.8. The third-order valence-corrected chi connectivity index (χ3v) is 4.65. The average Bonchev–Trinajstić information content (AvgIpc) is 2.90. The van der Waals surface area contributed by atoms with Gasteiger partial charge in [-0.1, -0.05) is 12.1 Å². The summed E-state index contributed by atoms with van der Waals surface area (Å²) < 4.78 is 29.3. The highest BCUT2D eigenvalue weighted by Crippen LogP contribution is 2.19. The lowest BCUT2D eigenvalue weighted by Crippen LogP contribution is -2.48. The first-order valence-electron chi connectivity index (χ1n) is 7.59. The van der Waals surface area contributed by atoms with E-state index in [1.807, 2.05) is 4.90 Å². The van der Waals surface area contributed by atoms with Crippen LogP contribution in [-0.4, -0.2) is 51.7 Å². The minimum absolute atomic E-state index is 0.126. The molecule has 0 N–H and O–H groups in total. The minimum Gasteiger partial charge on any atom is -0.335 e. The van der Waals surface area contributed by atoms with Gasteiger partial charge in [0.2, 0.25) is 0 Å². The van der Waals surface area contributed by atoms with Crippen LogP contribution >= 0.6 is 15.9 Å². The van der Waals surface area contributed by atoms with E-state index in [0.29, 0.717) is 48.5 Å². The van der Waals surface area contributed by atoms with E-state index in [1.165, 1.54) is 6.07 Å². The predicted octanol–water partition coefficient (Wildman–Crippen LogP) is 2.42. The van der Waals surface area contributed by atoms with Crippen molar-refractivity contribution in [2.75, 3.05) is 26.2 Å². The summed E-state index contributed by atoms with van der Waals surface area (Å²) in [4.78, 5) is 16.2. The van der Waals surface area contributed by atoms with Gasteiger partial charge in [-0.25, -0.2) is 8.78 Å². The molecule has 1 aliphatic heterocycles. The highest BCUT2D eigenvalue weighted by atomic mass is 79.9. The summed E-state index contributed by atoms with van der Waals surface area (Å²) in [6.45, 7) is 2.59. The molecule has 0 spiro atoms. The van der Waals surface area contributed by atoms with Crippen LogP contribution in [-0.2, 0) is 13.6 Å². The van der Waals surface area contributed by atoms with E-state index in [4.69, 9.17) is 0 Å². The molecule has 3 rings (SSSR count). The van der Waals surface area contributed by atoms with Crippen LogP contribution in [0.1, 0.15) is 16.1 Å². The Balaban J connectivity index is 1.60. The zero-order valence-electron chi connectivity index (χ0n) is 13.2. The van der Waals surface area contributed by atoms with Crippen LogP contribution in [0.2, 0.25) is 0 Å². The summed E-state index contributed by atoms with van der Waals surface area (Å²) in [6.07, 6.45) is 1.73. The van der Waals surface area contributed by atoms with E-state index in [2.05, 4.69) is 21.0 Å². The SMILES string of the molecule is Cn1cc(Br)c(C(=O)N2CCN(Cc3cccc(F)c3F)CC2)n1. The van der Waals surface area contributed by atoms with Crippen molar-refractivity contribution < 1.29 is 13.6 Å². The molecule has 0 atom stereocenters. The summed E-state index contributed by atoms with van der Waals surface area (Å²) in [5, 5.41) is 4.17. The van der Waals surface area contributed by atoms with Gasteiger partial charge in [-0.3, -0.25) is 14.4 Å². The minimum atomic E-state index is -0.832. The number of rotatable bonds is 3. The van der Waals surface area contributed by atoms with Gasteiger partial charge in [-0.2, -0.15) is 5.10 Å². The summed E-state index contributed by atoms with van der Waals surface area (Å²) in [7, 11) is 1.76. The van der Waals surface area contributed by atoms with Gasteiger partial charge < -0.3 is 4.90 Å². The fourth-order valence-electron chi connectivity index (χ4n) is 2.77. The summed E-state index contributed by atoms with van der Waals surface area (Å²) in [5.74, 6) is -1.76. The largest absolute Gasteiger partial charge is 0.335 e. The van der Waals surface area contributed by atoms with E-state index in [9.17, 15) is 13.6 Å². The number of benzene rings is 1. The van der Waals surface area contributed by atoms with Crippen LogP contribution in [0.3, 0.4) is 0 Å². The molecular weight excluding hydrogens is 382 g/mol. The number of aryl methyl sites for hydroxylation is 1. The van der Waals surface area contributed by atoms with Gasteiger partial charge in [0.25, 0.3) is 5.91 Å². The second kappa shape index (κ2) is 6.98. The molecule has 0 bridgehead atoms. The lowest BCUT2D eigenvalue weighted by molar-refractivity contribution is 0.0619. The van der Waals surface area contributed by atoms with Crippen molar-refractivity contribution >= 4 is 21.8 Å². The van der Waals surface area contributed by atoms with Gasteiger partial charge in [-0.05, 0) is 22.0 Å². The molecule has 8 heteroatoms. The van der Waals surface area contributed by atoms with E-state index in [1.54, 1.807) is 28.9 Å². The van der Waals surface area contributed by atoms with Crippen LogP contribution in [0.25, 0.3) is 0 Å². The Morgan fingerprint density at radius 3 is 2.58 bits per heavy atom. The topological polar surface area (TPSA) is 41.4 Å². The van der Waals surface area contributed by atoms with Crippen molar-refractivity contribution in [2.45, 2.75) is 6.54 Å². The molecule has 2 heterocycles. The molecule has 1 amide bonds. The molecule has 1 aromatic heterocycles. The number of halogens is 3. The van der Waals surface area contributed by atoms with Gasteiger partial charge >= 0.3 is 0 Å². The van der Waals surface area contributed by atoms with Gasteiger partial charge in [0, 0.05) is 51.5 Å². The van der Waals surface area contributed by atoms with Crippen molar-refractivity contribution in [3.8, 4) is 0 Å². The maximum Gasteiger partial charge on any atom is 0.275 e. The summed E-state index contributed by atoms with van der Waals surface area (Å²) >= 11 is 3.34. The van der Waals surface area contributed by atoms with Crippen LogP contribution in [0, 0.1) is 11.6 Å². The Labute approximate surface area is 147 Å². The maximum atomic E-state index is 13.7. The Kier molecular flexibility index (Phi) is 4.96. The lowest BCUT2D eigenvalue weighted by atomic mass is 10.1. The highest BCUT2D eigenvalue weighted by Gasteiger charge is 2.26. The smallest absolute Gasteiger partial charge is 0.275 e. The number of carbonyl (C=O) groups is 1. The van der Waals surface area contributed by atoms with Crippen molar-refractivity contribution in [3.05, 3.63) is 51.8 Å². The van der Waals surface area contributed by atoms with E-state index in [0.717, 1.165) is 6.07 Å². The molecule has 1 fully saturated rings. The quantitative estimate of drug-likeness (QED) is 0.796. The van der Waals surface area contributed by atoms with Crippen LogP contribution in [0.15, 0.2) is 28.9 Å². The number of aromatic nitrogens is 2. The number of hydrogen-bond acceptors (Lipinski definition) is 3. The molecule has 0 saturated carbocycles. The van der Waals surface area contributed by atoms with Gasteiger partial charge in [0.15, 0.2) is 17.3 Å². The van der Waals surface area contributed by atoms with E-state index in [-0.39, 0.29) is 5.91 Å². The Hall–Kier alpha value is -1.80. The van der Waals surface area contributed by atoms with E-state index < -0.39 is 11.6 Å². The number of carbonyl (C=O) groups excluding carboxylic acids is 1. The zero-order chi connectivity index (χ0) is 17.3. The fourth-order valence-corrected chi connectivity index (χ4v) is 3.32. The van der Waals surface area contributed by atoms with Crippen LogP contribution in [0.4, 0.5) is 8.78 Å². The second-order valence-electron chi connectivity index (χ2n) is 5.78. The monoisotopic (exact) mass is 398 g/mol. The molecule has 128 valence electrons. The van der Waals surface area contributed by atoms with Gasteiger partial charge in [-0.15, -0.1) is 0 Å². The Morgan fingerprint density at radius 1 is 1.25 bits per heavy atom. The molecule has 5 nitrogen and oxygen atoms in total. The van der Waals surface area contributed by atoms with Crippen molar-refractivity contribution in [3.63, 3.8) is 0 Å². The first kappa shape index (κ1) is 17.0. The van der Waals surface area contributed by atoms with Gasteiger partial charge in [0.1, 0.15) is 0 Å². The van der Waals surface area contributed by atoms with Crippen LogP contribution < -0.4 is 0 Å². The molecule has 1 saturated heterocycles. The third kappa shape index (κ3) is 3.49. The Morgan fingerprint density at radius 2 is 1.96 bits per heavy atom. The molecule has 1 aromatic carbocycles. The number of nitrogens with zero attached hydrogens (tertiary/aromatic N) is 4. The second-order valence-corrected chi connectivity index (χ2v) is 6.63. The molecule has 24 heavy (non-hydrogen) atoms. The standard InChI is InChI=1S/C16H17BrF2N4O/c1-21-10-12(17)15(20-21)16(24)23-7-5-22(6-8-23)9-11-3-2-4-13(18)14(11)19/h2-4,10H,5-9H2,1H3. The molecule has 0 aliphatic carbocycles. The fraction of sp³-hybridized carbons (Fsp3) is 0.375. The van der Waals surface area contributed by atoms with Crippen molar-refractivity contribution in [1.29, 1.82) is 0 Å². The molecule has 1 aliphatic rings. The summed E-state index contributed by atoms with van der Waals surface area (Å²) in [6, 6.07) is 4.20. The molecular formula is C16H17BrF2N4O. The van der Waals surface area contributed by atoms with Gasteiger partial charge in [0.05, 0.1) is 4.47 Å². The summed E-state index contributed by atoms with van der Waals surface area (Å²) in [5.41, 5.74) is 0.726. The van der Waals surface area contributed by atoms with Crippen molar-refractivity contribution in [2.24, 2.45) is 7.05 Å². The first-order chi connectivity index (χ1) is 11.5. The van der Waals surface area contributed by atoms with E-state index >= 15 is 0 Å². The molecule has 0 unspecified atom stereocenters. The normalized spacial score (nSPS) is 15.8.